The summed E-state index contributed by atoms with van der Waals surface area (Å²) in [5.74, 6) is -1.07. The molecule has 5 nitrogen and oxygen atoms in total. The number of anilines is 1. The van der Waals surface area contributed by atoms with E-state index >= 15 is 0 Å². The molecular weight excluding hydrogens is 275 g/mol. The van der Waals surface area contributed by atoms with E-state index in [0.717, 1.165) is 5.69 Å². The number of hydrogen-bond donors (Lipinski definition) is 3. The molecule has 21 heavy (non-hydrogen) atoms. The monoisotopic (exact) mass is 290 g/mol. The number of ether oxygens (including phenoxy) is 1. The second kappa shape index (κ2) is 6.60. The lowest BCUT2D eigenvalue weighted by Gasteiger charge is -2.09. The van der Waals surface area contributed by atoms with Crippen molar-refractivity contribution in [3.05, 3.63) is 53.8 Å². The van der Waals surface area contributed by atoms with Gasteiger partial charge in [-0.15, -0.1) is 0 Å². The van der Waals surface area contributed by atoms with Crippen molar-refractivity contribution in [2.75, 3.05) is 11.9 Å². The van der Waals surface area contributed by atoms with Crippen LogP contribution in [0, 0.1) is 5.82 Å². The molecule has 2 aromatic carbocycles. The number of benzene rings is 2. The van der Waals surface area contributed by atoms with Crippen molar-refractivity contribution in [2.45, 2.75) is 6.54 Å². The third kappa shape index (κ3) is 4.38. The number of primary amides is 1. The number of nitrogens with two attached hydrogens (primary N) is 1. The maximum Gasteiger partial charge on any atom is 0.255 e. The molecule has 110 valence electrons. The molecule has 2 rings (SSSR count). The molecule has 2 aromatic rings. The summed E-state index contributed by atoms with van der Waals surface area (Å²) >= 11 is 0. The van der Waals surface area contributed by atoms with Crippen molar-refractivity contribution in [3.8, 4) is 11.5 Å². The van der Waals surface area contributed by atoms with E-state index in [0.29, 0.717) is 17.9 Å². The summed E-state index contributed by atoms with van der Waals surface area (Å²) in [6.07, 6.45) is 0. The maximum atomic E-state index is 13.2. The molecule has 0 radical (unpaired) electrons. The third-order valence-corrected chi connectivity index (χ3v) is 2.72. The molecule has 0 saturated heterocycles. The van der Waals surface area contributed by atoms with Crippen LogP contribution in [0.2, 0.25) is 0 Å². The van der Waals surface area contributed by atoms with Crippen LogP contribution in [0.3, 0.4) is 0 Å². The number of halogens is 1. The Bertz CT molecular complexity index is 647. The van der Waals surface area contributed by atoms with Crippen molar-refractivity contribution in [1.29, 1.82) is 0 Å². The van der Waals surface area contributed by atoms with Gasteiger partial charge in [0.1, 0.15) is 5.75 Å². The zero-order chi connectivity index (χ0) is 15.2. The quantitative estimate of drug-likeness (QED) is 0.759. The largest absolute Gasteiger partial charge is 0.505 e. The fourth-order valence-corrected chi connectivity index (χ4v) is 1.71. The van der Waals surface area contributed by atoms with Crippen LogP contribution in [0.4, 0.5) is 10.1 Å². The maximum absolute atomic E-state index is 13.2. The minimum Gasteiger partial charge on any atom is -0.505 e. The van der Waals surface area contributed by atoms with Crippen molar-refractivity contribution in [3.63, 3.8) is 0 Å². The average molecular weight is 290 g/mol. The van der Waals surface area contributed by atoms with Gasteiger partial charge in [0.05, 0.1) is 0 Å². The van der Waals surface area contributed by atoms with Crippen molar-refractivity contribution < 1.29 is 19.0 Å². The number of hydrogen-bond acceptors (Lipinski definition) is 4. The molecule has 0 bridgehead atoms. The van der Waals surface area contributed by atoms with E-state index in [9.17, 15) is 9.18 Å². The number of phenols is 1. The topological polar surface area (TPSA) is 84.6 Å². The van der Waals surface area contributed by atoms with Crippen LogP contribution in [0.1, 0.15) is 5.56 Å². The number of phenolic OH excluding ortho intramolecular Hbond substituents is 1. The van der Waals surface area contributed by atoms with Crippen LogP contribution >= 0.6 is 0 Å². The Morgan fingerprint density at radius 1 is 1.29 bits per heavy atom. The van der Waals surface area contributed by atoms with Gasteiger partial charge in [0, 0.05) is 18.3 Å². The summed E-state index contributed by atoms with van der Waals surface area (Å²) in [5, 5.41) is 12.2. The standard InChI is InChI=1S/C15H15FN2O3/c16-13-6-10(4-5-14(13)19)8-18-11-2-1-3-12(7-11)21-9-15(17)20/h1-7,18-19H,8-9H2,(H2,17,20). The van der Waals surface area contributed by atoms with Crippen molar-refractivity contribution in [1.82, 2.24) is 0 Å². The van der Waals surface area contributed by atoms with Crippen LogP contribution in [0.15, 0.2) is 42.5 Å². The Labute approximate surface area is 121 Å². The normalized spacial score (nSPS) is 10.1. The SMILES string of the molecule is NC(=O)COc1cccc(NCc2ccc(O)c(F)c2)c1. The van der Waals surface area contributed by atoms with Crippen LogP contribution in [-0.4, -0.2) is 17.6 Å². The van der Waals surface area contributed by atoms with E-state index in [1.807, 2.05) is 6.07 Å². The summed E-state index contributed by atoms with van der Waals surface area (Å²) < 4.78 is 18.4. The van der Waals surface area contributed by atoms with Crippen LogP contribution < -0.4 is 15.8 Å². The molecule has 0 heterocycles. The molecule has 0 aromatic heterocycles. The number of aromatic hydroxyl groups is 1. The second-order valence-corrected chi connectivity index (χ2v) is 4.42. The molecule has 0 aliphatic rings. The first-order valence-corrected chi connectivity index (χ1v) is 6.27. The summed E-state index contributed by atoms with van der Waals surface area (Å²) in [7, 11) is 0. The Hall–Kier alpha value is -2.76. The lowest BCUT2D eigenvalue weighted by Crippen LogP contribution is -2.20. The van der Waals surface area contributed by atoms with Gasteiger partial charge in [-0.05, 0) is 29.8 Å². The molecule has 4 N–H and O–H groups in total. The van der Waals surface area contributed by atoms with E-state index in [1.165, 1.54) is 12.1 Å². The van der Waals surface area contributed by atoms with Gasteiger partial charge in [-0.2, -0.15) is 0 Å². The smallest absolute Gasteiger partial charge is 0.255 e. The van der Waals surface area contributed by atoms with Crippen LogP contribution in [0.5, 0.6) is 11.5 Å². The number of rotatable bonds is 6. The van der Waals surface area contributed by atoms with Gasteiger partial charge >= 0.3 is 0 Å². The highest BCUT2D eigenvalue weighted by Crippen LogP contribution is 2.20. The molecular formula is C15H15FN2O3. The van der Waals surface area contributed by atoms with Gasteiger partial charge in [0.15, 0.2) is 18.2 Å². The zero-order valence-corrected chi connectivity index (χ0v) is 11.2. The minimum atomic E-state index is -0.659. The first-order chi connectivity index (χ1) is 10.0. The van der Waals surface area contributed by atoms with Gasteiger partial charge in [0.25, 0.3) is 5.91 Å². The predicted molar refractivity (Wildman–Crippen MR) is 76.5 cm³/mol. The number of nitrogens with one attached hydrogen (secondary N) is 1. The van der Waals surface area contributed by atoms with Gasteiger partial charge < -0.3 is 20.9 Å². The molecule has 0 aliphatic heterocycles. The van der Waals surface area contributed by atoms with E-state index < -0.39 is 11.7 Å². The van der Waals surface area contributed by atoms with Crippen molar-refractivity contribution >= 4 is 11.6 Å². The highest BCUT2D eigenvalue weighted by molar-refractivity contribution is 5.75. The highest BCUT2D eigenvalue weighted by Gasteiger charge is 2.03. The Kier molecular flexibility index (Phi) is 4.61. The fraction of sp³-hybridized carbons (Fsp3) is 0.133. The van der Waals surface area contributed by atoms with Crippen LogP contribution in [0.25, 0.3) is 0 Å². The first kappa shape index (κ1) is 14.6. The Morgan fingerprint density at radius 2 is 2.10 bits per heavy atom. The highest BCUT2D eigenvalue weighted by atomic mass is 19.1. The summed E-state index contributed by atoms with van der Waals surface area (Å²) in [6.45, 7) is 0.198. The molecule has 0 fully saturated rings. The lowest BCUT2D eigenvalue weighted by molar-refractivity contribution is -0.119. The predicted octanol–water partition coefficient (Wildman–Crippen LogP) is 2.01. The average Bonchev–Trinajstić information content (AvgIpc) is 2.47. The van der Waals surface area contributed by atoms with Gasteiger partial charge in [-0.25, -0.2) is 4.39 Å². The Balaban J connectivity index is 1.97. The first-order valence-electron chi connectivity index (χ1n) is 6.27. The van der Waals surface area contributed by atoms with E-state index in [1.54, 1.807) is 24.3 Å². The lowest BCUT2D eigenvalue weighted by atomic mass is 10.2. The molecule has 1 amide bonds. The fourth-order valence-electron chi connectivity index (χ4n) is 1.71. The van der Waals surface area contributed by atoms with E-state index in [4.69, 9.17) is 15.6 Å². The van der Waals surface area contributed by atoms with Gasteiger partial charge in [0.2, 0.25) is 0 Å². The summed E-state index contributed by atoms with van der Waals surface area (Å²) in [4.78, 5) is 10.7. The molecule has 0 spiro atoms. The van der Waals surface area contributed by atoms with Crippen LogP contribution in [-0.2, 0) is 11.3 Å². The summed E-state index contributed by atoms with van der Waals surface area (Å²) in [5.41, 5.74) is 6.45. The molecule has 0 unspecified atom stereocenters. The number of carbonyl (C=O) groups excluding carboxylic acids is 1. The molecule has 0 aliphatic carbocycles. The van der Waals surface area contributed by atoms with E-state index in [-0.39, 0.29) is 12.4 Å². The minimum absolute atomic E-state index is 0.188. The molecule has 0 saturated carbocycles. The molecule has 6 heteroatoms. The van der Waals surface area contributed by atoms with Gasteiger partial charge in [-0.1, -0.05) is 12.1 Å². The zero-order valence-electron chi connectivity index (χ0n) is 11.2. The van der Waals surface area contributed by atoms with E-state index in [2.05, 4.69) is 5.32 Å². The van der Waals surface area contributed by atoms with Gasteiger partial charge in [-0.3, -0.25) is 4.79 Å². The number of amides is 1. The molecule has 0 atom stereocenters. The third-order valence-electron chi connectivity index (χ3n) is 2.72. The van der Waals surface area contributed by atoms with Crippen molar-refractivity contribution in [2.24, 2.45) is 5.73 Å². The second-order valence-electron chi connectivity index (χ2n) is 4.42. The number of carbonyl (C=O) groups is 1. The summed E-state index contributed by atoms with van der Waals surface area (Å²) in [6, 6.07) is 11.2. The Morgan fingerprint density at radius 3 is 2.81 bits per heavy atom.